The van der Waals surface area contributed by atoms with Crippen LogP contribution in [0.1, 0.15) is 36.4 Å². The van der Waals surface area contributed by atoms with E-state index in [1.54, 1.807) is 0 Å². The predicted molar refractivity (Wildman–Crippen MR) is 73.4 cm³/mol. The number of Topliss-reactive ketones (excluding diaryl/α,β-unsaturated/α-hetero) is 1. The Morgan fingerprint density at radius 3 is 2.69 bits per heavy atom. The highest BCUT2D eigenvalue weighted by Crippen LogP contribution is 2.22. The van der Waals surface area contributed by atoms with Gasteiger partial charge in [0.1, 0.15) is 0 Å². The molecule has 0 amide bonds. The maximum Gasteiger partial charge on any atom is 0.186 e. The summed E-state index contributed by atoms with van der Waals surface area (Å²) in [5, 5.41) is 0. The van der Waals surface area contributed by atoms with Gasteiger partial charge in [-0.05, 0) is 47.6 Å². The van der Waals surface area contributed by atoms with Crippen molar-refractivity contribution in [2.45, 2.75) is 26.7 Å². The lowest BCUT2D eigenvalue weighted by Gasteiger charge is -2.18. The SMILES string of the molecule is CCCCN(CC)CC(=O)c1ccc(Br)s1. The number of nitrogens with zero attached hydrogens (tertiary/aromatic N) is 1. The fourth-order valence-corrected chi connectivity index (χ4v) is 2.79. The number of carbonyl (C=O) groups is 1. The summed E-state index contributed by atoms with van der Waals surface area (Å²) in [5.41, 5.74) is 0. The van der Waals surface area contributed by atoms with Crippen LogP contribution in [-0.2, 0) is 0 Å². The van der Waals surface area contributed by atoms with Crippen molar-refractivity contribution < 1.29 is 4.79 Å². The van der Waals surface area contributed by atoms with E-state index in [0.717, 1.165) is 28.2 Å². The Morgan fingerprint density at radius 2 is 2.19 bits per heavy atom. The van der Waals surface area contributed by atoms with E-state index in [1.165, 1.54) is 17.8 Å². The molecule has 1 aromatic rings. The smallest absolute Gasteiger partial charge is 0.186 e. The van der Waals surface area contributed by atoms with Gasteiger partial charge in [-0.1, -0.05) is 20.3 Å². The second-order valence-electron chi connectivity index (χ2n) is 3.75. The van der Waals surface area contributed by atoms with Gasteiger partial charge in [-0.3, -0.25) is 9.69 Å². The molecule has 16 heavy (non-hydrogen) atoms. The molecule has 4 heteroatoms. The predicted octanol–water partition coefficient (Wildman–Crippen LogP) is 3.82. The Bertz CT molecular complexity index is 338. The Morgan fingerprint density at radius 1 is 1.44 bits per heavy atom. The summed E-state index contributed by atoms with van der Waals surface area (Å²) in [6, 6.07) is 3.82. The van der Waals surface area contributed by atoms with Crippen LogP contribution in [0.3, 0.4) is 0 Å². The molecular formula is C12H18BrNOS. The zero-order valence-electron chi connectivity index (χ0n) is 9.83. The largest absolute Gasteiger partial charge is 0.296 e. The van der Waals surface area contributed by atoms with Gasteiger partial charge in [-0.2, -0.15) is 0 Å². The number of hydrogen-bond acceptors (Lipinski definition) is 3. The van der Waals surface area contributed by atoms with E-state index in [-0.39, 0.29) is 5.78 Å². The number of thiophene rings is 1. The first-order valence-corrected chi connectivity index (χ1v) is 7.29. The van der Waals surface area contributed by atoms with Crippen LogP contribution in [-0.4, -0.2) is 30.3 Å². The van der Waals surface area contributed by atoms with Crippen LogP contribution in [0.25, 0.3) is 0 Å². The van der Waals surface area contributed by atoms with E-state index in [1.807, 2.05) is 12.1 Å². The first-order valence-electron chi connectivity index (χ1n) is 5.68. The molecule has 0 aliphatic rings. The third-order valence-corrected chi connectivity index (χ3v) is 4.16. The second kappa shape index (κ2) is 7.20. The van der Waals surface area contributed by atoms with Crippen LogP contribution in [0, 0.1) is 0 Å². The summed E-state index contributed by atoms with van der Waals surface area (Å²) in [6.07, 6.45) is 2.34. The quantitative estimate of drug-likeness (QED) is 0.714. The van der Waals surface area contributed by atoms with Crippen molar-refractivity contribution in [3.8, 4) is 0 Å². The molecule has 0 saturated carbocycles. The Balaban J connectivity index is 2.48. The average molecular weight is 304 g/mol. The molecule has 0 atom stereocenters. The fourth-order valence-electron chi connectivity index (χ4n) is 1.48. The molecule has 0 unspecified atom stereocenters. The maximum absolute atomic E-state index is 11.9. The molecule has 90 valence electrons. The zero-order valence-corrected chi connectivity index (χ0v) is 12.2. The number of hydrogen-bond donors (Lipinski definition) is 0. The van der Waals surface area contributed by atoms with E-state index in [2.05, 4.69) is 34.7 Å². The van der Waals surface area contributed by atoms with E-state index >= 15 is 0 Å². The topological polar surface area (TPSA) is 20.3 Å². The van der Waals surface area contributed by atoms with Crippen molar-refractivity contribution in [1.29, 1.82) is 0 Å². The van der Waals surface area contributed by atoms with Gasteiger partial charge in [0.05, 0.1) is 15.2 Å². The molecule has 0 saturated heterocycles. The van der Waals surface area contributed by atoms with Gasteiger partial charge >= 0.3 is 0 Å². The van der Waals surface area contributed by atoms with Gasteiger partial charge in [0.15, 0.2) is 5.78 Å². The summed E-state index contributed by atoms with van der Waals surface area (Å²) in [6.45, 7) is 6.78. The molecule has 0 fully saturated rings. The number of unbranched alkanes of at least 4 members (excludes halogenated alkanes) is 1. The van der Waals surface area contributed by atoms with Crippen molar-refractivity contribution in [3.05, 3.63) is 20.8 Å². The lowest BCUT2D eigenvalue weighted by atomic mass is 10.2. The highest BCUT2D eigenvalue weighted by Gasteiger charge is 2.12. The molecule has 0 aliphatic carbocycles. The summed E-state index contributed by atoms with van der Waals surface area (Å²) >= 11 is 4.89. The summed E-state index contributed by atoms with van der Waals surface area (Å²) in [7, 11) is 0. The highest BCUT2D eigenvalue weighted by atomic mass is 79.9. The summed E-state index contributed by atoms with van der Waals surface area (Å²) < 4.78 is 1.02. The van der Waals surface area contributed by atoms with Crippen LogP contribution in [0.4, 0.5) is 0 Å². The molecule has 2 nitrogen and oxygen atoms in total. The van der Waals surface area contributed by atoms with Crippen molar-refractivity contribution in [2.24, 2.45) is 0 Å². The van der Waals surface area contributed by atoms with Gasteiger partial charge in [0, 0.05) is 0 Å². The standard InChI is InChI=1S/C12H18BrNOS/c1-3-5-8-14(4-2)9-10(15)11-6-7-12(13)16-11/h6-7H,3-5,8-9H2,1-2H3. The molecule has 0 N–H and O–H groups in total. The van der Waals surface area contributed by atoms with Crippen LogP contribution in [0.2, 0.25) is 0 Å². The third kappa shape index (κ3) is 4.36. The molecule has 1 aromatic heterocycles. The van der Waals surface area contributed by atoms with Crippen LogP contribution in [0.5, 0.6) is 0 Å². The zero-order chi connectivity index (χ0) is 12.0. The van der Waals surface area contributed by atoms with Gasteiger partial charge < -0.3 is 0 Å². The minimum atomic E-state index is 0.230. The van der Waals surface area contributed by atoms with Crippen molar-refractivity contribution in [3.63, 3.8) is 0 Å². The monoisotopic (exact) mass is 303 g/mol. The number of likely N-dealkylation sites (N-methyl/N-ethyl adjacent to an activating group) is 1. The van der Waals surface area contributed by atoms with Crippen molar-refractivity contribution in [1.82, 2.24) is 4.90 Å². The molecule has 1 rings (SSSR count). The molecule has 1 heterocycles. The minimum absolute atomic E-state index is 0.230. The van der Waals surface area contributed by atoms with Gasteiger partial charge in [-0.25, -0.2) is 0 Å². The lowest BCUT2D eigenvalue weighted by molar-refractivity contribution is 0.0937. The van der Waals surface area contributed by atoms with Crippen LogP contribution >= 0.6 is 27.3 Å². The van der Waals surface area contributed by atoms with E-state index in [0.29, 0.717) is 6.54 Å². The van der Waals surface area contributed by atoms with E-state index in [4.69, 9.17) is 0 Å². The lowest BCUT2D eigenvalue weighted by Crippen LogP contribution is -2.30. The van der Waals surface area contributed by atoms with E-state index in [9.17, 15) is 4.79 Å². The van der Waals surface area contributed by atoms with Crippen molar-refractivity contribution >= 4 is 33.0 Å². The third-order valence-electron chi connectivity index (χ3n) is 2.49. The molecule has 0 bridgehead atoms. The van der Waals surface area contributed by atoms with Gasteiger partial charge in [0.25, 0.3) is 0 Å². The number of rotatable bonds is 7. The molecular weight excluding hydrogens is 286 g/mol. The van der Waals surface area contributed by atoms with Crippen LogP contribution in [0.15, 0.2) is 15.9 Å². The molecule has 0 aromatic carbocycles. The molecule has 0 aliphatic heterocycles. The van der Waals surface area contributed by atoms with Crippen molar-refractivity contribution in [2.75, 3.05) is 19.6 Å². The minimum Gasteiger partial charge on any atom is -0.296 e. The van der Waals surface area contributed by atoms with Gasteiger partial charge in [-0.15, -0.1) is 11.3 Å². The Hall–Kier alpha value is -0.190. The number of ketones is 1. The summed E-state index contributed by atoms with van der Waals surface area (Å²) in [4.78, 5) is 15.0. The summed E-state index contributed by atoms with van der Waals surface area (Å²) in [5.74, 6) is 0.230. The first-order chi connectivity index (χ1) is 7.67. The molecule has 0 radical (unpaired) electrons. The highest BCUT2D eigenvalue weighted by molar-refractivity contribution is 9.11. The number of halogens is 1. The molecule has 0 spiro atoms. The van der Waals surface area contributed by atoms with Crippen LogP contribution < -0.4 is 0 Å². The fraction of sp³-hybridized carbons (Fsp3) is 0.583. The maximum atomic E-state index is 11.9. The Kier molecular flexibility index (Phi) is 6.24. The average Bonchev–Trinajstić information content (AvgIpc) is 2.70. The number of carbonyl (C=O) groups excluding carboxylic acids is 1. The normalized spacial score (nSPS) is 11.0. The van der Waals surface area contributed by atoms with E-state index < -0.39 is 0 Å². The van der Waals surface area contributed by atoms with Gasteiger partial charge in [0.2, 0.25) is 0 Å². The second-order valence-corrected chi connectivity index (χ2v) is 6.21. The Labute approximate surface area is 110 Å². The first kappa shape index (κ1) is 13.9.